The zero-order chi connectivity index (χ0) is 23.8. The molecule has 33 heavy (non-hydrogen) atoms. The van der Waals surface area contributed by atoms with E-state index in [9.17, 15) is 13.0 Å². The second-order valence-electron chi connectivity index (χ2n) is 7.26. The smallest absolute Gasteiger partial charge is 0.322 e. The van der Waals surface area contributed by atoms with Crippen molar-refractivity contribution in [3.05, 3.63) is 59.7 Å². The molecule has 172 valence electrons. The van der Waals surface area contributed by atoms with Gasteiger partial charge in [-0.05, 0) is 38.1 Å². The number of rotatable bonds is 7. The highest BCUT2D eigenvalue weighted by atomic mass is 32.2. The molecule has 0 fully saturated rings. The Morgan fingerprint density at radius 2 is 1.91 bits per heavy atom. The molecule has 0 aliphatic rings. The van der Waals surface area contributed by atoms with Crippen LogP contribution in [0.1, 0.15) is 16.8 Å². The quantitative estimate of drug-likeness (QED) is 0.394. The first-order chi connectivity index (χ1) is 15.8. The maximum absolute atomic E-state index is 13.4. The molecule has 0 saturated carbocycles. The number of aryl methyl sites for hydroxylation is 1. The molecular weight excluding hydrogens is 464 g/mol. The Kier molecular flexibility index (Phi) is 6.28. The number of benzene rings is 1. The molecule has 0 saturated heterocycles. The van der Waals surface area contributed by atoms with Gasteiger partial charge in [-0.3, -0.25) is 15.0 Å². The fourth-order valence-electron chi connectivity index (χ4n) is 3.57. The van der Waals surface area contributed by atoms with Gasteiger partial charge in [0.1, 0.15) is 21.9 Å². The van der Waals surface area contributed by atoms with Crippen molar-refractivity contribution in [1.82, 2.24) is 19.9 Å². The Morgan fingerprint density at radius 3 is 2.58 bits per heavy atom. The molecule has 1 unspecified atom stereocenters. The van der Waals surface area contributed by atoms with E-state index in [1.165, 1.54) is 37.7 Å². The highest BCUT2D eigenvalue weighted by molar-refractivity contribution is 7.92. The van der Waals surface area contributed by atoms with Crippen LogP contribution < -0.4 is 9.47 Å². The first kappa shape index (κ1) is 23.0. The lowest BCUT2D eigenvalue weighted by Crippen LogP contribution is -2.10. The lowest BCUT2D eigenvalue weighted by atomic mass is 10.1. The maximum Gasteiger partial charge on any atom is 0.322 e. The van der Waals surface area contributed by atoms with E-state index < -0.39 is 21.0 Å². The lowest BCUT2D eigenvalue weighted by Gasteiger charge is -2.13. The molecule has 0 amide bonds. The monoisotopic (exact) mass is 486 g/mol. The molecule has 4 aromatic rings. The van der Waals surface area contributed by atoms with Crippen LogP contribution in [0, 0.1) is 13.8 Å². The van der Waals surface area contributed by atoms with E-state index in [1.54, 1.807) is 19.4 Å². The van der Waals surface area contributed by atoms with Crippen LogP contribution in [0.25, 0.3) is 11.0 Å². The minimum atomic E-state index is -4.00. The maximum atomic E-state index is 13.4. The Hall–Kier alpha value is -3.15. The van der Waals surface area contributed by atoms with Gasteiger partial charge in [-0.2, -0.15) is 4.98 Å². The molecule has 0 aliphatic carbocycles. The fraction of sp³-hybridized carbons (Fsp3) is 0.227. The molecule has 4 rings (SSSR count). The zero-order valence-corrected chi connectivity index (χ0v) is 20.1. The number of hydrogen-bond donors (Lipinski definition) is 1. The number of H-pyrrole nitrogens is 1. The first-order valence-electron chi connectivity index (χ1n) is 9.87. The molecule has 0 spiro atoms. The van der Waals surface area contributed by atoms with Gasteiger partial charge in [-0.1, -0.05) is 0 Å². The number of nitrogens with zero attached hydrogens (tertiary/aromatic N) is 3. The Morgan fingerprint density at radius 1 is 1.12 bits per heavy atom. The number of nitrogens with one attached hydrogen (secondary N) is 1. The average Bonchev–Trinajstić information content (AvgIpc) is 3.25. The van der Waals surface area contributed by atoms with Crippen molar-refractivity contribution >= 4 is 32.0 Å². The third-order valence-corrected chi connectivity index (χ3v) is 8.17. The van der Waals surface area contributed by atoms with Crippen LogP contribution in [0.5, 0.6) is 11.5 Å². The normalized spacial score (nSPS) is 12.6. The van der Waals surface area contributed by atoms with E-state index in [4.69, 9.17) is 9.47 Å². The standard InChI is InChI=1S/C22H22N4O5S2/c1-13-10-24-17(14(2)20(13)31-4)12-32(27)22-25-16-7-8-18(30-3)21(19(16)26-22)33(28,29)15-6-5-9-23-11-15/h5-11H,12H2,1-4H3,(H,25,26). The summed E-state index contributed by atoms with van der Waals surface area (Å²) in [6.45, 7) is 3.74. The lowest BCUT2D eigenvalue weighted by molar-refractivity contribution is 0.404. The van der Waals surface area contributed by atoms with Gasteiger partial charge in [0.25, 0.3) is 0 Å². The molecule has 3 heterocycles. The number of aromatic nitrogens is 4. The summed E-state index contributed by atoms with van der Waals surface area (Å²) in [5.41, 5.74) is 2.85. The molecule has 11 heteroatoms. The van der Waals surface area contributed by atoms with E-state index in [1.807, 2.05) is 13.8 Å². The average molecular weight is 487 g/mol. The van der Waals surface area contributed by atoms with Gasteiger partial charge in [-0.25, -0.2) is 8.42 Å². The third-order valence-electron chi connectivity index (χ3n) is 5.22. The van der Waals surface area contributed by atoms with E-state index in [0.717, 1.165) is 11.1 Å². The number of fused-ring (bicyclic) bond motifs is 1. The number of sulfone groups is 1. The molecular formula is C22H22N4O5S2. The summed E-state index contributed by atoms with van der Waals surface area (Å²) in [6, 6.07) is 6.16. The number of aromatic amines is 1. The Bertz CT molecular complexity index is 1420. The van der Waals surface area contributed by atoms with Gasteiger partial charge < -0.3 is 14.0 Å². The van der Waals surface area contributed by atoms with E-state index in [2.05, 4.69) is 19.9 Å². The number of hydrogen-bond acceptors (Lipinski definition) is 8. The van der Waals surface area contributed by atoms with Crippen molar-refractivity contribution in [2.45, 2.75) is 34.5 Å². The Labute approximate surface area is 194 Å². The summed E-state index contributed by atoms with van der Waals surface area (Å²) in [6.07, 6.45) is 4.42. The molecule has 0 aliphatic heterocycles. The van der Waals surface area contributed by atoms with Crippen molar-refractivity contribution in [2.75, 3.05) is 14.2 Å². The summed E-state index contributed by atoms with van der Waals surface area (Å²) in [5.74, 6) is 0.913. The van der Waals surface area contributed by atoms with Gasteiger partial charge in [0.05, 0.1) is 30.3 Å². The van der Waals surface area contributed by atoms with Crippen LogP contribution in [0.4, 0.5) is 0 Å². The van der Waals surface area contributed by atoms with Crippen LogP contribution in [0.15, 0.2) is 57.8 Å². The molecule has 0 radical (unpaired) electrons. The fourth-order valence-corrected chi connectivity index (χ4v) is 6.18. The van der Waals surface area contributed by atoms with Crippen LogP contribution in [-0.4, -0.2) is 47.1 Å². The summed E-state index contributed by atoms with van der Waals surface area (Å²) >= 11 is -1.61. The predicted molar refractivity (Wildman–Crippen MR) is 123 cm³/mol. The molecule has 1 aromatic carbocycles. The van der Waals surface area contributed by atoms with Gasteiger partial charge in [0, 0.05) is 40.9 Å². The predicted octanol–water partition coefficient (Wildman–Crippen LogP) is 3.13. The molecule has 9 nitrogen and oxygen atoms in total. The molecule has 1 atom stereocenters. The Balaban J connectivity index is 1.79. The number of methoxy groups -OCH3 is 2. The number of ether oxygens (including phenoxy) is 2. The minimum absolute atomic E-state index is 0.00745. The van der Waals surface area contributed by atoms with Gasteiger partial charge >= 0.3 is 5.16 Å². The highest BCUT2D eigenvalue weighted by Crippen LogP contribution is 2.36. The topological polar surface area (TPSA) is 130 Å². The van der Waals surface area contributed by atoms with Crippen LogP contribution in [0.2, 0.25) is 0 Å². The van der Waals surface area contributed by atoms with Crippen LogP contribution >= 0.6 is 0 Å². The molecule has 1 N–H and O–H groups in total. The van der Waals surface area contributed by atoms with Crippen molar-refractivity contribution in [2.24, 2.45) is 0 Å². The number of imidazole rings is 1. The van der Waals surface area contributed by atoms with E-state index in [-0.39, 0.29) is 32.0 Å². The summed E-state index contributed by atoms with van der Waals surface area (Å²) in [7, 11) is -1.04. The van der Waals surface area contributed by atoms with Crippen LogP contribution in [-0.2, 0) is 26.8 Å². The van der Waals surface area contributed by atoms with E-state index in [0.29, 0.717) is 17.0 Å². The summed E-state index contributed by atoms with van der Waals surface area (Å²) < 4.78 is 50.6. The number of pyridine rings is 2. The highest BCUT2D eigenvalue weighted by Gasteiger charge is 2.29. The van der Waals surface area contributed by atoms with E-state index >= 15 is 0 Å². The summed E-state index contributed by atoms with van der Waals surface area (Å²) in [5, 5.41) is 0.140. The second kappa shape index (κ2) is 9.00. The van der Waals surface area contributed by atoms with Gasteiger partial charge in [0.15, 0.2) is 5.75 Å². The zero-order valence-electron chi connectivity index (χ0n) is 18.4. The van der Waals surface area contributed by atoms with Crippen LogP contribution in [0.3, 0.4) is 0 Å². The van der Waals surface area contributed by atoms with Gasteiger partial charge in [0.2, 0.25) is 9.84 Å². The van der Waals surface area contributed by atoms with Crippen molar-refractivity contribution in [1.29, 1.82) is 0 Å². The van der Waals surface area contributed by atoms with Crippen molar-refractivity contribution in [3.8, 4) is 11.5 Å². The summed E-state index contributed by atoms with van der Waals surface area (Å²) in [4.78, 5) is 15.6. The molecule has 3 aromatic heterocycles. The first-order valence-corrected chi connectivity index (χ1v) is 12.7. The third kappa shape index (κ3) is 4.14. The molecule has 0 bridgehead atoms. The van der Waals surface area contributed by atoms with Crippen molar-refractivity contribution in [3.63, 3.8) is 0 Å². The second-order valence-corrected chi connectivity index (χ2v) is 10.5. The van der Waals surface area contributed by atoms with Gasteiger partial charge in [-0.15, -0.1) is 0 Å². The SMILES string of the molecule is COc1ccc2[nH]c([S+]([O-])Cc3ncc(C)c(OC)c3C)nc2c1S(=O)(=O)c1cccnc1. The minimum Gasteiger partial charge on any atom is -0.609 e. The largest absolute Gasteiger partial charge is 0.609 e. The van der Waals surface area contributed by atoms with Crippen molar-refractivity contribution < 1.29 is 22.4 Å².